The van der Waals surface area contributed by atoms with Crippen molar-refractivity contribution in [2.45, 2.75) is 26.3 Å². The maximum absolute atomic E-state index is 6.38. The SMILES string of the molecule is COc1c(C)cnc(CC(N)c2cc(I)ccc2Br)c1C. The lowest BCUT2D eigenvalue weighted by atomic mass is 9.99. The smallest absolute Gasteiger partial charge is 0.128 e. The number of aryl methyl sites for hydroxylation is 1. The predicted octanol–water partition coefficient (Wildman–Crippen LogP) is 4.32. The molecule has 2 N–H and O–H groups in total. The molecule has 5 heteroatoms. The fourth-order valence-corrected chi connectivity index (χ4v) is 3.45. The van der Waals surface area contributed by atoms with E-state index in [0.29, 0.717) is 6.42 Å². The van der Waals surface area contributed by atoms with Crippen molar-refractivity contribution < 1.29 is 4.74 Å². The van der Waals surface area contributed by atoms with Crippen LogP contribution in [0.15, 0.2) is 28.9 Å². The molecule has 0 fully saturated rings. The second-order valence-electron chi connectivity index (χ2n) is 5.02. The highest BCUT2D eigenvalue weighted by Crippen LogP contribution is 2.29. The Morgan fingerprint density at radius 1 is 1.38 bits per heavy atom. The van der Waals surface area contributed by atoms with Crippen LogP contribution in [0.5, 0.6) is 5.75 Å². The molecule has 3 nitrogen and oxygen atoms in total. The zero-order valence-electron chi connectivity index (χ0n) is 12.3. The Bertz CT molecular complexity index is 661. The van der Waals surface area contributed by atoms with Gasteiger partial charge in [-0.25, -0.2) is 0 Å². The van der Waals surface area contributed by atoms with Gasteiger partial charge in [-0.3, -0.25) is 4.98 Å². The predicted molar refractivity (Wildman–Crippen MR) is 97.8 cm³/mol. The van der Waals surface area contributed by atoms with E-state index in [1.165, 1.54) is 3.57 Å². The third-order valence-corrected chi connectivity index (χ3v) is 4.91. The van der Waals surface area contributed by atoms with E-state index in [1.54, 1.807) is 7.11 Å². The first-order chi connectivity index (χ1) is 9.93. The fourth-order valence-electron chi connectivity index (χ4n) is 2.39. The first kappa shape index (κ1) is 16.7. The van der Waals surface area contributed by atoms with Crippen molar-refractivity contribution in [3.8, 4) is 5.75 Å². The normalized spacial score (nSPS) is 12.3. The molecule has 1 aromatic carbocycles. The highest BCUT2D eigenvalue weighted by Gasteiger charge is 2.16. The molecule has 2 aromatic rings. The average molecular weight is 461 g/mol. The summed E-state index contributed by atoms with van der Waals surface area (Å²) in [4.78, 5) is 4.53. The molecule has 1 unspecified atom stereocenters. The number of nitrogens with zero attached hydrogens (tertiary/aromatic N) is 1. The van der Waals surface area contributed by atoms with Crippen LogP contribution in [0.4, 0.5) is 0 Å². The number of benzene rings is 1. The van der Waals surface area contributed by atoms with Crippen molar-refractivity contribution >= 4 is 38.5 Å². The van der Waals surface area contributed by atoms with Crippen molar-refractivity contribution in [1.82, 2.24) is 4.98 Å². The summed E-state index contributed by atoms with van der Waals surface area (Å²) in [5.41, 5.74) is 10.6. The molecule has 2 rings (SSSR count). The van der Waals surface area contributed by atoms with Crippen LogP contribution < -0.4 is 10.5 Å². The van der Waals surface area contributed by atoms with Gasteiger partial charge in [-0.1, -0.05) is 15.9 Å². The first-order valence-corrected chi connectivity index (χ1v) is 8.50. The van der Waals surface area contributed by atoms with Gasteiger partial charge in [-0.15, -0.1) is 0 Å². The van der Waals surface area contributed by atoms with Gasteiger partial charge in [0.15, 0.2) is 0 Å². The van der Waals surface area contributed by atoms with Crippen molar-refractivity contribution in [3.63, 3.8) is 0 Å². The summed E-state index contributed by atoms with van der Waals surface area (Å²) in [7, 11) is 1.69. The summed E-state index contributed by atoms with van der Waals surface area (Å²) in [6.45, 7) is 4.03. The molecular weight excluding hydrogens is 443 g/mol. The van der Waals surface area contributed by atoms with Crippen molar-refractivity contribution in [1.29, 1.82) is 0 Å². The Labute approximate surface area is 147 Å². The standard InChI is InChI=1S/C16H18BrIN2O/c1-9-8-20-15(10(2)16(9)21-3)7-14(19)12-6-11(18)4-5-13(12)17/h4-6,8,14H,7,19H2,1-3H3. The number of methoxy groups -OCH3 is 1. The number of halogens is 2. The number of nitrogens with two attached hydrogens (primary N) is 1. The quantitative estimate of drug-likeness (QED) is 0.691. The summed E-state index contributed by atoms with van der Waals surface area (Å²) in [5.74, 6) is 0.897. The zero-order valence-corrected chi connectivity index (χ0v) is 16.0. The van der Waals surface area contributed by atoms with E-state index in [-0.39, 0.29) is 6.04 Å². The second kappa shape index (κ2) is 7.07. The van der Waals surface area contributed by atoms with E-state index in [2.05, 4.69) is 55.6 Å². The lowest BCUT2D eigenvalue weighted by Gasteiger charge is -2.17. The van der Waals surface area contributed by atoms with Crippen molar-refractivity contribution in [2.75, 3.05) is 7.11 Å². The van der Waals surface area contributed by atoms with Gasteiger partial charge in [0, 0.05) is 43.5 Å². The second-order valence-corrected chi connectivity index (χ2v) is 7.12. The van der Waals surface area contributed by atoms with Gasteiger partial charge in [0.05, 0.1) is 7.11 Å². The number of rotatable bonds is 4. The maximum Gasteiger partial charge on any atom is 0.128 e. The lowest BCUT2D eigenvalue weighted by Crippen LogP contribution is -2.16. The number of hydrogen-bond acceptors (Lipinski definition) is 3. The molecule has 1 aromatic heterocycles. The van der Waals surface area contributed by atoms with Crippen LogP contribution in [0.1, 0.15) is 28.4 Å². The molecule has 0 saturated carbocycles. The van der Waals surface area contributed by atoms with E-state index in [9.17, 15) is 0 Å². The minimum absolute atomic E-state index is 0.104. The molecule has 0 radical (unpaired) electrons. The van der Waals surface area contributed by atoms with Gasteiger partial charge in [-0.2, -0.15) is 0 Å². The van der Waals surface area contributed by atoms with Gasteiger partial charge in [0.2, 0.25) is 0 Å². The first-order valence-electron chi connectivity index (χ1n) is 6.63. The van der Waals surface area contributed by atoms with Crippen molar-refractivity contribution in [2.24, 2.45) is 5.73 Å². The van der Waals surface area contributed by atoms with Crippen LogP contribution in [-0.4, -0.2) is 12.1 Å². The largest absolute Gasteiger partial charge is 0.496 e. The summed E-state index contributed by atoms with van der Waals surface area (Å²) < 4.78 is 7.66. The molecular formula is C16H18BrIN2O. The Morgan fingerprint density at radius 3 is 2.76 bits per heavy atom. The molecule has 112 valence electrons. The van der Waals surface area contributed by atoms with Crippen LogP contribution in [0.25, 0.3) is 0 Å². The number of ether oxygens (including phenoxy) is 1. The Kier molecular flexibility index (Phi) is 5.62. The maximum atomic E-state index is 6.38. The molecule has 1 heterocycles. The van der Waals surface area contributed by atoms with Crippen molar-refractivity contribution in [3.05, 3.63) is 54.8 Å². The molecule has 0 bridgehead atoms. The Hall–Kier alpha value is -0.660. The van der Waals surface area contributed by atoms with Gasteiger partial charge in [-0.05, 0) is 60.2 Å². The van der Waals surface area contributed by atoms with Crippen LogP contribution in [0.2, 0.25) is 0 Å². The van der Waals surface area contributed by atoms with Gasteiger partial charge >= 0.3 is 0 Å². The number of hydrogen-bond donors (Lipinski definition) is 1. The topological polar surface area (TPSA) is 48.1 Å². The molecule has 0 amide bonds. The molecule has 0 aliphatic carbocycles. The molecule has 0 saturated heterocycles. The molecule has 0 aliphatic heterocycles. The van der Waals surface area contributed by atoms with E-state index >= 15 is 0 Å². The Morgan fingerprint density at radius 2 is 2.10 bits per heavy atom. The van der Waals surface area contributed by atoms with Gasteiger partial charge < -0.3 is 10.5 Å². The Balaban J connectivity index is 2.32. The average Bonchev–Trinajstić information content (AvgIpc) is 2.45. The summed E-state index contributed by atoms with van der Waals surface area (Å²) in [6, 6.07) is 6.09. The molecule has 21 heavy (non-hydrogen) atoms. The van der Waals surface area contributed by atoms with E-state index in [0.717, 1.165) is 32.6 Å². The van der Waals surface area contributed by atoms with Crippen LogP contribution in [0, 0.1) is 17.4 Å². The highest BCUT2D eigenvalue weighted by atomic mass is 127. The summed E-state index contributed by atoms with van der Waals surface area (Å²) >= 11 is 5.87. The van der Waals surface area contributed by atoms with Crippen LogP contribution in [-0.2, 0) is 6.42 Å². The third kappa shape index (κ3) is 3.76. The minimum Gasteiger partial charge on any atom is -0.496 e. The molecule has 0 aliphatic rings. The van der Waals surface area contributed by atoms with E-state index in [1.807, 2.05) is 26.1 Å². The number of aromatic nitrogens is 1. The minimum atomic E-state index is -0.104. The molecule has 0 spiro atoms. The zero-order chi connectivity index (χ0) is 15.6. The summed E-state index contributed by atoms with van der Waals surface area (Å²) in [5, 5.41) is 0. The molecule has 1 atom stereocenters. The van der Waals surface area contributed by atoms with E-state index in [4.69, 9.17) is 10.5 Å². The van der Waals surface area contributed by atoms with Crippen LogP contribution in [0.3, 0.4) is 0 Å². The third-order valence-electron chi connectivity index (χ3n) is 3.52. The lowest BCUT2D eigenvalue weighted by molar-refractivity contribution is 0.406. The number of pyridine rings is 1. The fraction of sp³-hybridized carbons (Fsp3) is 0.312. The summed E-state index contributed by atoms with van der Waals surface area (Å²) in [6.07, 6.45) is 2.53. The van der Waals surface area contributed by atoms with Gasteiger partial charge in [0.25, 0.3) is 0 Å². The monoisotopic (exact) mass is 460 g/mol. The highest BCUT2D eigenvalue weighted by molar-refractivity contribution is 14.1. The van der Waals surface area contributed by atoms with E-state index < -0.39 is 0 Å². The van der Waals surface area contributed by atoms with Crippen LogP contribution >= 0.6 is 38.5 Å². The van der Waals surface area contributed by atoms with Gasteiger partial charge in [0.1, 0.15) is 5.75 Å².